The van der Waals surface area contributed by atoms with Crippen LogP contribution in [-0.2, 0) is 19.1 Å². The van der Waals surface area contributed by atoms with E-state index in [1.54, 1.807) is 26.9 Å². The van der Waals surface area contributed by atoms with E-state index < -0.39 is 35.1 Å². The molecule has 2 bridgehead atoms. The SMILES string of the molecule is C=CCN(C(=O)[C@H]1[C@H]2C(=O)N(CCCCO)C(C(=O)N(CC=C)C(C)(C)C)C23CC(Br)[C@@H]1O3)c1ccc(OCC)cc1. The Hall–Kier alpha value is -2.69. The van der Waals surface area contributed by atoms with Crippen LogP contribution in [0.4, 0.5) is 5.69 Å². The van der Waals surface area contributed by atoms with Crippen molar-refractivity contribution in [3.63, 3.8) is 0 Å². The number of likely N-dealkylation sites (tertiary alicyclic amines) is 1. The van der Waals surface area contributed by atoms with Crippen molar-refractivity contribution in [3.05, 3.63) is 49.6 Å². The zero-order chi connectivity index (χ0) is 30.8. The predicted molar refractivity (Wildman–Crippen MR) is 166 cm³/mol. The van der Waals surface area contributed by atoms with Crippen LogP contribution in [0.25, 0.3) is 0 Å². The molecule has 0 saturated carbocycles. The van der Waals surface area contributed by atoms with Gasteiger partial charge in [-0.3, -0.25) is 14.4 Å². The zero-order valence-electron chi connectivity index (χ0n) is 25.1. The molecule has 4 rings (SSSR count). The van der Waals surface area contributed by atoms with Crippen LogP contribution in [0.1, 0.15) is 47.0 Å². The predicted octanol–water partition coefficient (Wildman–Crippen LogP) is 3.94. The van der Waals surface area contributed by atoms with Crippen LogP contribution in [0.3, 0.4) is 0 Å². The van der Waals surface area contributed by atoms with Crippen molar-refractivity contribution in [2.24, 2.45) is 11.8 Å². The van der Waals surface area contributed by atoms with E-state index in [2.05, 4.69) is 29.1 Å². The number of anilines is 1. The lowest BCUT2D eigenvalue weighted by atomic mass is 9.70. The van der Waals surface area contributed by atoms with Gasteiger partial charge in [-0.1, -0.05) is 28.1 Å². The summed E-state index contributed by atoms with van der Waals surface area (Å²) in [5, 5.41) is 9.44. The van der Waals surface area contributed by atoms with Gasteiger partial charge >= 0.3 is 0 Å². The van der Waals surface area contributed by atoms with Gasteiger partial charge in [0.2, 0.25) is 17.7 Å². The molecule has 3 unspecified atom stereocenters. The normalized spacial score (nSPS) is 28.0. The molecule has 0 aromatic heterocycles. The fourth-order valence-corrected chi connectivity index (χ4v) is 7.76. The van der Waals surface area contributed by atoms with Gasteiger partial charge in [-0.05, 0) is 71.2 Å². The molecule has 3 aliphatic rings. The maximum atomic E-state index is 14.4. The van der Waals surface area contributed by atoms with Crippen LogP contribution >= 0.6 is 15.9 Å². The van der Waals surface area contributed by atoms with Gasteiger partial charge in [0.15, 0.2) is 0 Å². The summed E-state index contributed by atoms with van der Waals surface area (Å²) in [6.07, 6.45) is 4.22. The number of benzene rings is 1. The molecular weight excluding hydrogens is 602 g/mol. The van der Waals surface area contributed by atoms with Crippen molar-refractivity contribution in [2.75, 3.05) is 37.7 Å². The third-order valence-electron chi connectivity index (χ3n) is 8.54. The molecule has 9 nitrogen and oxygen atoms in total. The summed E-state index contributed by atoms with van der Waals surface area (Å²) in [5.74, 6) is -1.61. The summed E-state index contributed by atoms with van der Waals surface area (Å²) in [7, 11) is 0. The molecule has 1 N–H and O–H groups in total. The second kappa shape index (κ2) is 12.9. The molecule has 3 heterocycles. The fourth-order valence-electron chi connectivity index (χ4n) is 6.82. The minimum absolute atomic E-state index is 0.0123. The Balaban J connectivity index is 1.76. The Morgan fingerprint density at radius 3 is 2.40 bits per heavy atom. The van der Waals surface area contributed by atoms with Gasteiger partial charge < -0.3 is 29.3 Å². The molecule has 3 saturated heterocycles. The third kappa shape index (κ3) is 5.65. The van der Waals surface area contributed by atoms with E-state index in [9.17, 15) is 19.5 Å². The molecule has 1 aromatic carbocycles. The molecular formula is C32H44BrN3O6. The molecule has 0 radical (unpaired) electrons. The Kier molecular flexibility index (Phi) is 9.89. The minimum atomic E-state index is -1.16. The standard InChI is InChI=1S/C32H44BrN3O6/c1-7-16-34(21-12-14-22(15-13-21)41-9-3)28(38)24-25-29(39)35(18-10-11-19-37)27(32(25)20-23(33)26(24)42-32)30(40)36(17-8-2)31(4,5)6/h7-8,12-15,23-27,37H,1-2,9-11,16-20H2,3-6H3/t23?,24-,25-,26-,27?,32?/m0/s1. The first kappa shape index (κ1) is 32.2. The summed E-state index contributed by atoms with van der Waals surface area (Å²) in [5.41, 5.74) is -1.03. The summed E-state index contributed by atoms with van der Waals surface area (Å²) in [6.45, 7) is 16.8. The number of hydrogen-bond acceptors (Lipinski definition) is 6. The number of aliphatic hydroxyl groups excluding tert-OH is 1. The van der Waals surface area contributed by atoms with E-state index in [1.807, 2.05) is 52.0 Å². The quantitative estimate of drug-likeness (QED) is 0.198. The van der Waals surface area contributed by atoms with Gasteiger partial charge in [0, 0.05) is 42.3 Å². The average molecular weight is 647 g/mol. The zero-order valence-corrected chi connectivity index (χ0v) is 26.7. The van der Waals surface area contributed by atoms with Gasteiger partial charge in [0.1, 0.15) is 17.4 Å². The Labute approximate surface area is 257 Å². The lowest BCUT2D eigenvalue weighted by Crippen LogP contribution is -2.60. The lowest BCUT2D eigenvalue weighted by Gasteiger charge is -2.42. The van der Waals surface area contributed by atoms with E-state index >= 15 is 0 Å². The van der Waals surface area contributed by atoms with Crippen molar-refractivity contribution < 1.29 is 29.0 Å². The van der Waals surface area contributed by atoms with E-state index in [-0.39, 0.29) is 42.2 Å². The minimum Gasteiger partial charge on any atom is -0.494 e. The number of ether oxygens (including phenoxy) is 2. The van der Waals surface area contributed by atoms with Crippen LogP contribution in [-0.4, -0.2) is 93.6 Å². The number of fused-ring (bicyclic) bond motifs is 1. The van der Waals surface area contributed by atoms with Gasteiger partial charge in [-0.2, -0.15) is 0 Å². The van der Waals surface area contributed by atoms with Crippen molar-refractivity contribution in [1.82, 2.24) is 9.80 Å². The van der Waals surface area contributed by atoms with Crippen LogP contribution in [0.5, 0.6) is 5.75 Å². The van der Waals surface area contributed by atoms with Crippen molar-refractivity contribution in [3.8, 4) is 5.75 Å². The summed E-state index contributed by atoms with van der Waals surface area (Å²) in [6, 6.07) is 6.37. The number of halogens is 1. The molecule has 6 atom stereocenters. The maximum Gasteiger partial charge on any atom is 0.249 e. The number of alkyl halides is 1. The molecule has 230 valence electrons. The second-order valence-corrected chi connectivity index (χ2v) is 13.4. The number of carbonyl (C=O) groups excluding carboxylic acids is 3. The number of nitrogens with zero attached hydrogens (tertiary/aromatic N) is 3. The van der Waals surface area contributed by atoms with Crippen LogP contribution < -0.4 is 9.64 Å². The molecule has 1 aromatic rings. The number of rotatable bonds is 13. The Bertz CT molecular complexity index is 1180. The largest absolute Gasteiger partial charge is 0.494 e. The topological polar surface area (TPSA) is 99.6 Å². The van der Waals surface area contributed by atoms with E-state index in [4.69, 9.17) is 9.47 Å². The monoisotopic (exact) mass is 645 g/mol. The van der Waals surface area contributed by atoms with Crippen LogP contribution in [0, 0.1) is 11.8 Å². The van der Waals surface area contributed by atoms with Crippen LogP contribution in [0.2, 0.25) is 0 Å². The number of hydrogen-bond donors (Lipinski definition) is 1. The molecule has 42 heavy (non-hydrogen) atoms. The van der Waals surface area contributed by atoms with Crippen molar-refractivity contribution in [2.45, 2.75) is 75.1 Å². The highest BCUT2D eigenvalue weighted by Crippen LogP contribution is 2.60. The highest BCUT2D eigenvalue weighted by molar-refractivity contribution is 9.09. The average Bonchev–Trinajstić information content (AvgIpc) is 3.53. The highest BCUT2D eigenvalue weighted by Gasteiger charge is 2.77. The van der Waals surface area contributed by atoms with Gasteiger partial charge in [-0.15, -0.1) is 13.2 Å². The number of amides is 3. The summed E-state index contributed by atoms with van der Waals surface area (Å²) >= 11 is 3.76. The highest BCUT2D eigenvalue weighted by atomic mass is 79.9. The molecule has 1 spiro atoms. The van der Waals surface area contributed by atoms with Crippen molar-refractivity contribution >= 4 is 39.3 Å². The van der Waals surface area contributed by atoms with Gasteiger partial charge in [0.05, 0.1) is 24.5 Å². The smallest absolute Gasteiger partial charge is 0.249 e. The first-order valence-electron chi connectivity index (χ1n) is 14.8. The molecule has 0 aliphatic carbocycles. The molecule has 10 heteroatoms. The Morgan fingerprint density at radius 2 is 1.83 bits per heavy atom. The van der Waals surface area contributed by atoms with E-state index in [0.29, 0.717) is 43.9 Å². The van der Waals surface area contributed by atoms with E-state index in [1.165, 1.54) is 0 Å². The number of aliphatic hydroxyl groups is 1. The number of unbranched alkanes of at least 4 members (excludes halogenated alkanes) is 1. The Morgan fingerprint density at radius 1 is 1.17 bits per heavy atom. The molecule has 3 fully saturated rings. The van der Waals surface area contributed by atoms with Gasteiger partial charge in [0.25, 0.3) is 0 Å². The summed E-state index contributed by atoms with van der Waals surface area (Å²) in [4.78, 5) is 48.0. The molecule has 3 aliphatic heterocycles. The van der Waals surface area contributed by atoms with Crippen molar-refractivity contribution in [1.29, 1.82) is 0 Å². The second-order valence-electron chi connectivity index (χ2n) is 12.2. The third-order valence-corrected chi connectivity index (χ3v) is 9.38. The first-order valence-corrected chi connectivity index (χ1v) is 15.7. The first-order chi connectivity index (χ1) is 20.0. The number of carbonyl (C=O) groups is 3. The van der Waals surface area contributed by atoms with E-state index in [0.717, 1.165) is 0 Å². The maximum absolute atomic E-state index is 14.4. The lowest BCUT2D eigenvalue weighted by molar-refractivity contribution is -0.151. The molecule has 3 amide bonds. The van der Waals surface area contributed by atoms with Crippen LogP contribution in [0.15, 0.2) is 49.6 Å². The fraction of sp³-hybridized carbons (Fsp3) is 0.594. The summed E-state index contributed by atoms with van der Waals surface area (Å²) < 4.78 is 12.3. The van der Waals surface area contributed by atoms with Gasteiger partial charge in [-0.25, -0.2) is 0 Å².